The summed E-state index contributed by atoms with van der Waals surface area (Å²) in [5.74, 6) is -0.453. The van der Waals surface area contributed by atoms with E-state index < -0.39 is 10.9 Å². The fourth-order valence-electron chi connectivity index (χ4n) is 1.91. The standard InChI is InChI=1S/C14H14N2O5S/c1-8-4-5-11(16(18)19)9(2)13(8)21-14(17)10-7-22-12(15-10)6-20-3/h4-5,7H,6H2,1-3H3. The van der Waals surface area contributed by atoms with Crippen LogP contribution in [-0.4, -0.2) is 23.0 Å². The SMILES string of the molecule is COCc1nc(C(=O)Oc2c(C)ccc([N+](=O)[O-])c2C)cs1. The number of methoxy groups -OCH3 is 1. The molecule has 0 atom stereocenters. The molecule has 0 aliphatic carbocycles. The second-order valence-corrected chi connectivity index (χ2v) is 5.50. The molecule has 0 unspecified atom stereocenters. The van der Waals surface area contributed by atoms with E-state index in [1.54, 1.807) is 25.3 Å². The molecule has 7 nitrogen and oxygen atoms in total. The lowest BCUT2D eigenvalue weighted by Crippen LogP contribution is -2.11. The molecule has 1 heterocycles. The second-order valence-electron chi connectivity index (χ2n) is 4.56. The predicted molar refractivity (Wildman–Crippen MR) is 80.4 cm³/mol. The van der Waals surface area contributed by atoms with Crippen LogP contribution in [0.5, 0.6) is 5.75 Å². The molecule has 2 rings (SSSR count). The highest BCUT2D eigenvalue weighted by atomic mass is 32.1. The van der Waals surface area contributed by atoms with Gasteiger partial charge in [-0.05, 0) is 25.5 Å². The van der Waals surface area contributed by atoms with Crippen LogP contribution in [0.15, 0.2) is 17.5 Å². The van der Waals surface area contributed by atoms with Crippen LogP contribution >= 0.6 is 11.3 Å². The van der Waals surface area contributed by atoms with E-state index in [0.717, 1.165) is 0 Å². The van der Waals surface area contributed by atoms with Crippen LogP contribution in [0.25, 0.3) is 0 Å². The Balaban J connectivity index is 2.27. The molecule has 0 saturated carbocycles. The molecule has 0 amide bonds. The summed E-state index contributed by atoms with van der Waals surface area (Å²) in [7, 11) is 1.54. The highest BCUT2D eigenvalue weighted by Gasteiger charge is 2.21. The van der Waals surface area contributed by atoms with Crippen LogP contribution in [0.1, 0.15) is 26.6 Å². The van der Waals surface area contributed by atoms with Crippen molar-refractivity contribution < 1.29 is 19.2 Å². The van der Waals surface area contributed by atoms with Crippen LogP contribution in [0.3, 0.4) is 0 Å². The molecule has 0 spiro atoms. The van der Waals surface area contributed by atoms with Crippen LogP contribution in [-0.2, 0) is 11.3 Å². The van der Waals surface area contributed by atoms with Crippen LogP contribution in [0.2, 0.25) is 0 Å². The number of nitrogens with zero attached hydrogens (tertiary/aromatic N) is 2. The van der Waals surface area contributed by atoms with Gasteiger partial charge < -0.3 is 9.47 Å². The van der Waals surface area contributed by atoms with E-state index in [1.165, 1.54) is 24.5 Å². The number of nitro benzene ring substituents is 1. The van der Waals surface area contributed by atoms with E-state index in [4.69, 9.17) is 9.47 Å². The molecule has 8 heteroatoms. The van der Waals surface area contributed by atoms with Gasteiger partial charge in [-0.15, -0.1) is 11.3 Å². The lowest BCUT2D eigenvalue weighted by molar-refractivity contribution is -0.385. The Kier molecular flexibility index (Phi) is 4.84. The van der Waals surface area contributed by atoms with Gasteiger partial charge in [-0.25, -0.2) is 9.78 Å². The first-order valence-corrected chi connectivity index (χ1v) is 7.22. The minimum Gasteiger partial charge on any atom is -0.421 e. The van der Waals surface area contributed by atoms with Crippen molar-refractivity contribution in [1.29, 1.82) is 0 Å². The molecule has 0 radical (unpaired) electrons. The van der Waals surface area contributed by atoms with E-state index in [2.05, 4.69) is 4.98 Å². The number of hydrogen-bond donors (Lipinski definition) is 0. The van der Waals surface area contributed by atoms with Crippen molar-refractivity contribution in [2.24, 2.45) is 0 Å². The summed E-state index contributed by atoms with van der Waals surface area (Å²) in [4.78, 5) is 26.7. The summed E-state index contributed by atoms with van der Waals surface area (Å²) in [6.07, 6.45) is 0. The minimum atomic E-state index is -0.648. The van der Waals surface area contributed by atoms with Gasteiger partial charge in [0.05, 0.1) is 17.1 Å². The molecule has 1 aromatic carbocycles. The Morgan fingerprint density at radius 3 is 2.77 bits per heavy atom. The zero-order valence-corrected chi connectivity index (χ0v) is 13.1. The second kappa shape index (κ2) is 6.63. The topological polar surface area (TPSA) is 91.6 Å². The number of ether oxygens (including phenoxy) is 2. The third-order valence-electron chi connectivity index (χ3n) is 2.99. The van der Waals surface area contributed by atoms with Crippen LogP contribution in [0.4, 0.5) is 5.69 Å². The number of carbonyl (C=O) groups excluding carboxylic acids is 1. The Morgan fingerprint density at radius 2 is 2.14 bits per heavy atom. The molecule has 0 fully saturated rings. The van der Waals surface area contributed by atoms with E-state index in [1.807, 2.05) is 0 Å². The highest BCUT2D eigenvalue weighted by molar-refractivity contribution is 7.09. The molecule has 0 aliphatic rings. The van der Waals surface area contributed by atoms with Crippen LogP contribution < -0.4 is 4.74 Å². The number of benzene rings is 1. The van der Waals surface area contributed by atoms with Gasteiger partial charge >= 0.3 is 5.97 Å². The molecule has 116 valence electrons. The quantitative estimate of drug-likeness (QED) is 0.364. The van der Waals surface area contributed by atoms with Gasteiger partial charge in [-0.3, -0.25) is 10.1 Å². The Morgan fingerprint density at radius 1 is 1.41 bits per heavy atom. The summed E-state index contributed by atoms with van der Waals surface area (Å²) in [5.41, 5.74) is 1.02. The number of thiazole rings is 1. The number of rotatable bonds is 5. The van der Waals surface area contributed by atoms with Gasteiger partial charge in [0.1, 0.15) is 10.8 Å². The maximum atomic E-state index is 12.1. The summed E-state index contributed by atoms with van der Waals surface area (Å²) >= 11 is 1.28. The number of aromatic nitrogens is 1. The zero-order chi connectivity index (χ0) is 16.3. The molecule has 22 heavy (non-hydrogen) atoms. The first kappa shape index (κ1) is 16.1. The molecule has 0 bridgehead atoms. The summed E-state index contributed by atoms with van der Waals surface area (Å²) in [6.45, 7) is 3.58. The Labute approximate surface area is 130 Å². The molecule has 1 aromatic heterocycles. The number of nitro groups is 1. The van der Waals surface area contributed by atoms with Crippen molar-refractivity contribution in [1.82, 2.24) is 4.98 Å². The molecule has 0 aliphatic heterocycles. The number of aryl methyl sites for hydroxylation is 1. The monoisotopic (exact) mass is 322 g/mol. The number of hydrogen-bond acceptors (Lipinski definition) is 7. The smallest absolute Gasteiger partial charge is 0.363 e. The molecular formula is C14H14N2O5S. The highest BCUT2D eigenvalue weighted by Crippen LogP contribution is 2.31. The van der Waals surface area contributed by atoms with Crippen molar-refractivity contribution in [3.63, 3.8) is 0 Å². The van der Waals surface area contributed by atoms with Gasteiger partial charge in [0.25, 0.3) is 5.69 Å². The molecule has 2 aromatic rings. The van der Waals surface area contributed by atoms with Gasteiger partial charge in [-0.2, -0.15) is 0 Å². The maximum absolute atomic E-state index is 12.1. The fraction of sp³-hybridized carbons (Fsp3) is 0.286. The average Bonchev–Trinajstić information content (AvgIpc) is 2.92. The van der Waals surface area contributed by atoms with E-state index in [9.17, 15) is 14.9 Å². The molecule has 0 saturated heterocycles. The summed E-state index contributed by atoms with van der Waals surface area (Å²) in [6, 6.07) is 2.94. The van der Waals surface area contributed by atoms with Gasteiger partial charge in [0.15, 0.2) is 5.69 Å². The average molecular weight is 322 g/mol. The van der Waals surface area contributed by atoms with E-state index in [-0.39, 0.29) is 17.1 Å². The van der Waals surface area contributed by atoms with E-state index in [0.29, 0.717) is 22.7 Å². The first-order chi connectivity index (χ1) is 10.4. The predicted octanol–water partition coefficient (Wildman–Crippen LogP) is 3.03. The van der Waals surface area contributed by atoms with Crippen molar-refractivity contribution in [3.8, 4) is 5.75 Å². The van der Waals surface area contributed by atoms with E-state index >= 15 is 0 Å². The van der Waals surface area contributed by atoms with Gasteiger partial charge in [0, 0.05) is 18.6 Å². The van der Waals surface area contributed by atoms with Crippen molar-refractivity contribution in [2.75, 3.05) is 7.11 Å². The maximum Gasteiger partial charge on any atom is 0.363 e. The first-order valence-electron chi connectivity index (χ1n) is 6.34. The Bertz CT molecular complexity index is 726. The van der Waals surface area contributed by atoms with Crippen molar-refractivity contribution >= 4 is 23.0 Å². The summed E-state index contributed by atoms with van der Waals surface area (Å²) < 4.78 is 10.2. The Hall–Kier alpha value is -2.32. The third-order valence-corrected chi connectivity index (χ3v) is 3.82. The zero-order valence-electron chi connectivity index (χ0n) is 12.3. The third kappa shape index (κ3) is 3.29. The van der Waals surface area contributed by atoms with Gasteiger partial charge in [0.2, 0.25) is 0 Å². The molecular weight excluding hydrogens is 308 g/mol. The van der Waals surface area contributed by atoms with Crippen molar-refractivity contribution in [3.05, 3.63) is 49.5 Å². The van der Waals surface area contributed by atoms with Crippen LogP contribution in [0, 0.1) is 24.0 Å². The molecule has 0 N–H and O–H groups in total. The number of esters is 1. The normalized spacial score (nSPS) is 10.5. The lowest BCUT2D eigenvalue weighted by atomic mass is 10.1. The lowest BCUT2D eigenvalue weighted by Gasteiger charge is -2.09. The summed E-state index contributed by atoms with van der Waals surface area (Å²) in [5, 5.41) is 13.2. The number of carbonyl (C=O) groups is 1. The minimum absolute atomic E-state index is 0.0910. The van der Waals surface area contributed by atoms with Gasteiger partial charge in [-0.1, -0.05) is 0 Å². The fourth-order valence-corrected chi connectivity index (χ4v) is 2.64. The largest absolute Gasteiger partial charge is 0.421 e. The van der Waals surface area contributed by atoms with Crippen molar-refractivity contribution in [2.45, 2.75) is 20.5 Å².